The van der Waals surface area contributed by atoms with Crippen LogP contribution in [0.3, 0.4) is 0 Å². The van der Waals surface area contributed by atoms with Crippen LogP contribution in [-0.4, -0.2) is 76.8 Å². The van der Waals surface area contributed by atoms with E-state index < -0.39 is 24.1 Å². The Balaban J connectivity index is 1.61. The van der Waals surface area contributed by atoms with Crippen LogP contribution in [-0.2, 0) is 16.1 Å². The van der Waals surface area contributed by atoms with E-state index in [9.17, 15) is 14.4 Å². The highest BCUT2D eigenvalue weighted by Gasteiger charge is 2.48. The first kappa shape index (κ1) is 15.8. The summed E-state index contributed by atoms with van der Waals surface area (Å²) in [6.07, 6.45) is 0.782. The number of fused-ring (bicyclic) bond motifs is 1. The molecule has 128 valence electrons. The Kier molecular flexibility index (Phi) is 3.87. The molecular weight excluding hydrogens is 318 g/mol. The summed E-state index contributed by atoms with van der Waals surface area (Å²) in [6, 6.07) is 1.78. The number of urea groups is 1. The number of imide groups is 1. The number of rotatable bonds is 4. The van der Waals surface area contributed by atoms with Gasteiger partial charge in [0.15, 0.2) is 12.2 Å². The summed E-state index contributed by atoms with van der Waals surface area (Å²) in [7, 11) is 2.96. The van der Waals surface area contributed by atoms with Gasteiger partial charge < -0.3 is 24.6 Å². The van der Waals surface area contributed by atoms with Crippen molar-refractivity contribution >= 4 is 24.2 Å². The van der Waals surface area contributed by atoms with Crippen LogP contribution < -0.4 is 5.32 Å². The van der Waals surface area contributed by atoms with Crippen molar-refractivity contribution in [2.45, 2.75) is 18.8 Å². The molecule has 0 bridgehead atoms. The number of carbonyl (C=O) groups excluding carboxylic acids is 3. The number of hydrogen-bond acceptors (Lipinski definition) is 7. The quantitative estimate of drug-likeness (QED) is 0.741. The monoisotopic (exact) mass is 335 g/mol. The Morgan fingerprint density at radius 3 is 2.79 bits per heavy atom. The fourth-order valence-electron chi connectivity index (χ4n) is 2.71. The van der Waals surface area contributed by atoms with Gasteiger partial charge >= 0.3 is 6.03 Å². The highest BCUT2D eigenvalue weighted by molar-refractivity contribution is 6.02. The number of likely N-dealkylation sites (N-methyl/N-ethyl adjacent to an activating group) is 2. The number of aliphatic imine (C=N–C) groups is 1. The molecule has 3 rings (SSSR count). The summed E-state index contributed by atoms with van der Waals surface area (Å²) < 4.78 is 4.94. The zero-order chi connectivity index (χ0) is 17.4. The van der Waals surface area contributed by atoms with Gasteiger partial charge in [-0.15, -0.1) is 0 Å². The number of furan rings is 1. The fraction of sp³-hybridized carbons (Fsp3) is 0.429. The number of nitrogens with one attached hydrogen (secondary N) is 1. The second-order valence-corrected chi connectivity index (χ2v) is 5.60. The number of hydrogen-bond donors (Lipinski definition) is 2. The lowest BCUT2D eigenvalue weighted by Crippen LogP contribution is -2.64. The summed E-state index contributed by atoms with van der Waals surface area (Å²) in [4.78, 5) is 44.3. The number of amides is 4. The van der Waals surface area contributed by atoms with Crippen LogP contribution in [0.15, 0.2) is 21.5 Å². The zero-order valence-corrected chi connectivity index (χ0v) is 13.2. The van der Waals surface area contributed by atoms with E-state index >= 15 is 0 Å². The maximum Gasteiger partial charge on any atom is 0.328 e. The third-order valence-corrected chi connectivity index (χ3v) is 4.01. The number of aromatic hydroxyl groups is 1. The molecule has 0 saturated carbocycles. The standard InChI is InChI=1S/C14H17N5O5/c1-17-12-11(13(22)18(2)14(17)23)19(7-16-12)6-9(20)15-5-8-3-4-10(21)24-8/h3-4,7,11-12,21H,5-6H2,1-2H3,(H,15,20). The van der Waals surface area contributed by atoms with Crippen LogP contribution in [0.4, 0.5) is 4.79 Å². The van der Waals surface area contributed by atoms with E-state index in [1.165, 1.54) is 29.3 Å². The van der Waals surface area contributed by atoms with Crippen LogP contribution in [0, 0.1) is 0 Å². The number of carbonyl (C=O) groups is 3. The smallest absolute Gasteiger partial charge is 0.328 e. The van der Waals surface area contributed by atoms with Gasteiger partial charge in [0.05, 0.1) is 19.4 Å². The minimum Gasteiger partial charge on any atom is -0.481 e. The van der Waals surface area contributed by atoms with Gasteiger partial charge in [-0.05, 0) is 6.07 Å². The van der Waals surface area contributed by atoms with E-state index in [-0.39, 0.29) is 24.9 Å². The van der Waals surface area contributed by atoms with Crippen molar-refractivity contribution in [2.24, 2.45) is 4.99 Å². The summed E-state index contributed by atoms with van der Waals surface area (Å²) in [5, 5.41) is 11.7. The molecule has 2 aliphatic rings. The Morgan fingerprint density at radius 2 is 2.12 bits per heavy atom. The van der Waals surface area contributed by atoms with Gasteiger partial charge in [0.1, 0.15) is 5.76 Å². The van der Waals surface area contributed by atoms with Gasteiger partial charge in [-0.25, -0.2) is 9.79 Å². The van der Waals surface area contributed by atoms with Gasteiger partial charge in [-0.1, -0.05) is 0 Å². The highest BCUT2D eigenvalue weighted by Crippen LogP contribution is 2.24. The predicted molar refractivity (Wildman–Crippen MR) is 80.9 cm³/mol. The van der Waals surface area contributed by atoms with E-state index in [1.54, 1.807) is 13.1 Å². The van der Waals surface area contributed by atoms with E-state index in [4.69, 9.17) is 9.52 Å². The normalized spacial score (nSPS) is 23.0. The predicted octanol–water partition coefficient (Wildman–Crippen LogP) is -0.836. The van der Waals surface area contributed by atoms with E-state index in [2.05, 4.69) is 10.3 Å². The zero-order valence-electron chi connectivity index (χ0n) is 13.2. The first-order valence-corrected chi connectivity index (χ1v) is 7.26. The minimum absolute atomic E-state index is 0.0844. The first-order chi connectivity index (χ1) is 11.4. The number of nitrogens with zero attached hydrogens (tertiary/aromatic N) is 4. The maximum absolute atomic E-state index is 12.3. The lowest BCUT2D eigenvalue weighted by atomic mass is 10.1. The molecular formula is C14H17N5O5. The van der Waals surface area contributed by atoms with Crippen molar-refractivity contribution in [3.05, 3.63) is 17.9 Å². The third kappa shape index (κ3) is 2.66. The van der Waals surface area contributed by atoms with Crippen molar-refractivity contribution in [2.75, 3.05) is 20.6 Å². The second-order valence-electron chi connectivity index (χ2n) is 5.60. The molecule has 2 aliphatic heterocycles. The molecule has 0 spiro atoms. The summed E-state index contributed by atoms with van der Waals surface area (Å²) in [6.45, 7) is 0.0314. The Hall–Kier alpha value is -3.04. The molecule has 0 radical (unpaired) electrons. The average Bonchev–Trinajstić information content (AvgIpc) is 3.15. The van der Waals surface area contributed by atoms with Crippen LogP contribution in [0.1, 0.15) is 5.76 Å². The molecule has 1 fully saturated rings. The Bertz CT molecular complexity index is 714. The van der Waals surface area contributed by atoms with Crippen molar-refractivity contribution in [3.63, 3.8) is 0 Å². The molecule has 2 N–H and O–H groups in total. The van der Waals surface area contributed by atoms with Gasteiger partial charge in [0.2, 0.25) is 5.91 Å². The topological polar surface area (TPSA) is 119 Å². The van der Waals surface area contributed by atoms with Crippen molar-refractivity contribution in [1.82, 2.24) is 20.0 Å². The van der Waals surface area contributed by atoms with Gasteiger partial charge in [-0.2, -0.15) is 0 Å². The van der Waals surface area contributed by atoms with Crippen LogP contribution in [0.2, 0.25) is 0 Å². The Labute approximate surface area is 137 Å². The highest BCUT2D eigenvalue weighted by atomic mass is 16.5. The van der Waals surface area contributed by atoms with Gasteiger partial charge in [-0.3, -0.25) is 14.5 Å². The molecule has 3 heterocycles. The van der Waals surface area contributed by atoms with Crippen LogP contribution in [0.25, 0.3) is 0 Å². The van der Waals surface area contributed by atoms with Crippen molar-refractivity contribution in [1.29, 1.82) is 0 Å². The first-order valence-electron chi connectivity index (χ1n) is 7.26. The summed E-state index contributed by atoms with van der Waals surface area (Å²) >= 11 is 0. The third-order valence-electron chi connectivity index (χ3n) is 4.01. The molecule has 0 aromatic carbocycles. The SMILES string of the molecule is CN1C(=O)C2C(N=CN2CC(=O)NCc2ccc(O)o2)N(C)C1=O. The molecule has 2 unspecified atom stereocenters. The van der Waals surface area contributed by atoms with E-state index in [1.807, 2.05) is 0 Å². The minimum atomic E-state index is -0.712. The average molecular weight is 335 g/mol. The largest absolute Gasteiger partial charge is 0.481 e. The van der Waals surface area contributed by atoms with E-state index in [0.717, 1.165) is 4.90 Å². The summed E-state index contributed by atoms with van der Waals surface area (Å²) in [5.74, 6) is -0.553. The molecule has 1 aromatic heterocycles. The summed E-state index contributed by atoms with van der Waals surface area (Å²) in [5.41, 5.74) is 0. The second kappa shape index (κ2) is 5.87. The van der Waals surface area contributed by atoms with Crippen molar-refractivity contribution in [3.8, 4) is 5.95 Å². The fourth-order valence-corrected chi connectivity index (χ4v) is 2.71. The Morgan fingerprint density at radius 1 is 1.38 bits per heavy atom. The lowest BCUT2D eigenvalue weighted by Gasteiger charge is -2.39. The molecule has 2 atom stereocenters. The molecule has 10 nitrogen and oxygen atoms in total. The van der Waals surface area contributed by atoms with Crippen LogP contribution in [0.5, 0.6) is 5.95 Å². The van der Waals surface area contributed by atoms with Gasteiger partial charge in [0, 0.05) is 20.2 Å². The van der Waals surface area contributed by atoms with Gasteiger partial charge in [0.25, 0.3) is 11.9 Å². The molecule has 1 saturated heterocycles. The van der Waals surface area contributed by atoms with Crippen molar-refractivity contribution < 1.29 is 23.9 Å². The van der Waals surface area contributed by atoms with Crippen LogP contribution >= 0.6 is 0 Å². The van der Waals surface area contributed by atoms with E-state index in [0.29, 0.717) is 5.76 Å². The molecule has 24 heavy (non-hydrogen) atoms. The molecule has 1 aromatic rings. The lowest BCUT2D eigenvalue weighted by molar-refractivity contribution is -0.136. The molecule has 4 amide bonds. The molecule has 10 heteroatoms. The molecule has 0 aliphatic carbocycles. The maximum atomic E-state index is 12.3.